The van der Waals surface area contributed by atoms with Crippen molar-refractivity contribution < 1.29 is 5.11 Å². The smallest absolute Gasteiger partial charge is 0.0959 e. The first-order valence-electron chi connectivity index (χ1n) is 7.75. The quantitative estimate of drug-likeness (QED) is 0.585. The summed E-state index contributed by atoms with van der Waals surface area (Å²) in [7, 11) is -1.60. The molecule has 0 spiro atoms. The van der Waals surface area contributed by atoms with Crippen LogP contribution in [0.15, 0.2) is 22.8 Å². The van der Waals surface area contributed by atoms with Gasteiger partial charge < -0.3 is 5.11 Å². The van der Waals surface area contributed by atoms with Crippen LogP contribution in [0.25, 0.3) is 0 Å². The molecule has 3 heteroatoms. The van der Waals surface area contributed by atoms with Crippen molar-refractivity contribution >= 4 is 19.8 Å². The molecule has 1 nitrogen and oxygen atoms in total. The van der Waals surface area contributed by atoms with Crippen molar-refractivity contribution in [3.8, 4) is 0 Å². The van der Waals surface area contributed by atoms with E-state index in [4.69, 9.17) is 0 Å². The second-order valence-corrected chi connectivity index (χ2v) is 14.1. The van der Waals surface area contributed by atoms with Crippen LogP contribution < -0.4 is 0 Å². The van der Waals surface area contributed by atoms with Gasteiger partial charge in [-0.05, 0) is 29.0 Å². The zero-order valence-electron chi connectivity index (χ0n) is 13.9. The Morgan fingerprint density at radius 2 is 1.85 bits per heavy atom. The highest BCUT2D eigenvalue weighted by molar-refractivity contribution is 8.02. The molecule has 0 aromatic rings. The maximum Gasteiger partial charge on any atom is 0.0959 e. The van der Waals surface area contributed by atoms with Crippen LogP contribution in [0.2, 0.25) is 18.1 Å². The number of hydrogen-bond acceptors (Lipinski definition) is 2. The van der Waals surface area contributed by atoms with Crippen molar-refractivity contribution in [2.75, 3.05) is 6.26 Å². The fraction of sp³-hybridized carbons (Fsp3) is 0.765. The lowest BCUT2D eigenvalue weighted by Gasteiger charge is -2.44. The monoisotopic (exact) mass is 310 g/mol. The Balaban J connectivity index is 2.61. The first-order valence-corrected chi connectivity index (χ1v) is 12.0. The van der Waals surface area contributed by atoms with Gasteiger partial charge in [0.05, 0.1) is 13.7 Å². The summed E-state index contributed by atoms with van der Waals surface area (Å²) in [6.45, 7) is 16.1. The number of hydrogen-bond donors (Lipinski definition) is 1. The minimum atomic E-state index is -1.60. The minimum absolute atomic E-state index is 0.304. The van der Waals surface area contributed by atoms with Crippen LogP contribution in [0.1, 0.15) is 40.0 Å². The molecule has 1 N–H and O–H groups in total. The van der Waals surface area contributed by atoms with E-state index in [9.17, 15) is 5.11 Å². The summed E-state index contributed by atoms with van der Waals surface area (Å²) in [6.07, 6.45) is 7.52. The molecule has 114 valence electrons. The van der Waals surface area contributed by atoms with Crippen LogP contribution in [0.5, 0.6) is 0 Å². The average Bonchev–Trinajstić information content (AvgIpc) is 2.50. The molecule has 2 aliphatic rings. The largest absolute Gasteiger partial charge is 0.385 e. The van der Waals surface area contributed by atoms with E-state index in [0.29, 0.717) is 16.9 Å². The van der Waals surface area contributed by atoms with Crippen molar-refractivity contribution in [3.05, 3.63) is 22.8 Å². The van der Waals surface area contributed by atoms with E-state index >= 15 is 0 Å². The Morgan fingerprint density at radius 1 is 1.30 bits per heavy atom. The van der Waals surface area contributed by atoms with Crippen molar-refractivity contribution in [2.45, 2.75) is 63.8 Å². The van der Waals surface area contributed by atoms with Crippen LogP contribution in [-0.2, 0) is 0 Å². The third-order valence-electron chi connectivity index (χ3n) is 6.13. The summed E-state index contributed by atoms with van der Waals surface area (Å²) in [5.74, 6) is 0.625. The molecule has 0 aromatic carbocycles. The SMILES string of the molecule is C=C[C@@]1(O)[C@@H]2CCC[C@H]1C([Si](C)(C)C(C)(C)C)=C2SC. The number of fused-ring (bicyclic) bond motifs is 2. The first kappa shape index (κ1) is 16.4. The van der Waals surface area contributed by atoms with Crippen LogP contribution in [-0.4, -0.2) is 25.0 Å². The van der Waals surface area contributed by atoms with Gasteiger partial charge in [0, 0.05) is 11.8 Å². The molecule has 2 aliphatic carbocycles. The predicted octanol–water partition coefficient (Wildman–Crippen LogP) is 5.00. The van der Waals surface area contributed by atoms with Gasteiger partial charge in [0.1, 0.15) is 0 Å². The van der Waals surface area contributed by atoms with Crippen LogP contribution >= 0.6 is 11.8 Å². The summed E-state index contributed by atoms with van der Waals surface area (Å²) in [5.41, 5.74) is -0.679. The molecule has 0 saturated heterocycles. The maximum absolute atomic E-state index is 11.2. The average molecular weight is 311 g/mol. The lowest BCUT2D eigenvalue weighted by Crippen LogP contribution is -2.47. The molecule has 1 fully saturated rings. The van der Waals surface area contributed by atoms with E-state index in [2.05, 4.69) is 46.7 Å². The third-order valence-corrected chi connectivity index (χ3v) is 13.0. The Bertz CT molecular complexity index is 446. The fourth-order valence-corrected chi connectivity index (χ4v) is 8.86. The molecular weight excluding hydrogens is 280 g/mol. The second kappa shape index (κ2) is 5.03. The zero-order chi connectivity index (χ0) is 15.3. The zero-order valence-corrected chi connectivity index (χ0v) is 15.7. The molecule has 0 amide bonds. The summed E-state index contributed by atoms with van der Waals surface area (Å²) in [5, 5.41) is 13.2. The maximum atomic E-state index is 11.2. The van der Waals surface area contributed by atoms with Gasteiger partial charge in [0.25, 0.3) is 0 Å². The summed E-state index contributed by atoms with van der Waals surface area (Å²) in [6, 6.07) is 0. The molecular formula is C17H30OSSi. The lowest BCUT2D eigenvalue weighted by molar-refractivity contribution is -0.00710. The van der Waals surface area contributed by atoms with Gasteiger partial charge in [-0.25, -0.2) is 0 Å². The standard InChI is InChI=1S/C17H30OSSi/c1-8-17(18)12-10-9-11-13(17)15(14(12)19-5)20(6,7)16(2,3)4/h8,12-13,18H,1,9-11H2,2-7H3/t12-,13+,17-/m1/s1. The molecule has 2 rings (SSSR count). The van der Waals surface area contributed by atoms with Gasteiger partial charge in [-0.15, -0.1) is 18.3 Å². The first-order chi connectivity index (χ1) is 9.11. The van der Waals surface area contributed by atoms with Gasteiger partial charge in [0.2, 0.25) is 0 Å². The molecule has 0 radical (unpaired) electrons. The Kier molecular flexibility index (Phi) is 4.12. The lowest BCUT2D eigenvalue weighted by atomic mass is 9.73. The van der Waals surface area contributed by atoms with Crippen molar-refractivity contribution in [2.24, 2.45) is 11.8 Å². The van der Waals surface area contributed by atoms with E-state index in [1.165, 1.54) is 11.3 Å². The number of rotatable bonds is 3. The van der Waals surface area contributed by atoms with Crippen LogP contribution in [0.4, 0.5) is 0 Å². The molecule has 0 unspecified atom stereocenters. The Morgan fingerprint density at radius 3 is 2.30 bits per heavy atom. The fourth-order valence-electron chi connectivity index (χ4n) is 3.99. The van der Waals surface area contributed by atoms with E-state index in [1.54, 1.807) is 5.20 Å². The van der Waals surface area contributed by atoms with Crippen molar-refractivity contribution in [1.82, 2.24) is 0 Å². The summed E-state index contributed by atoms with van der Waals surface area (Å²) in [4.78, 5) is 1.50. The topological polar surface area (TPSA) is 20.2 Å². The summed E-state index contributed by atoms with van der Waals surface area (Å²) >= 11 is 1.88. The Labute approximate surface area is 129 Å². The van der Waals surface area contributed by atoms with Crippen LogP contribution in [0, 0.1) is 11.8 Å². The number of thioether (sulfide) groups is 1. The highest BCUT2D eigenvalue weighted by Crippen LogP contribution is 2.61. The number of aliphatic hydroxyl groups is 1. The van der Waals surface area contributed by atoms with E-state index < -0.39 is 13.7 Å². The van der Waals surface area contributed by atoms with E-state index in [0.717, 1.165) is 12.8 Å². The molecule has 1 saturated carbocycles. The minimum Gasteiger partial charge on any atom is -0.385 e. The summed E-state index contributed by atoms with van der Waals surface area (Å²) < 4.78 is 0. The Hall–Kier alpha value is 0.00688. The van der Waals surface area contributed by atoms with E-state index in [1.807, 2.05) is 17.8 Å². The van der Waals surface area contributed by atoms with Crippen molar-refractivity contribution in [1.29, 1.82) is 0 Å². The molecule has 3 atom stereocenters. The molecule has 2 bridgehead atoms. The van der Waals surface area contributed by atoms with Gasteiger partial charge in [-0.1, -0.05) is 51.6 Å². The molecule has 0 heterocycles. The van der Waals surface area contributed by atoms with Gasteiger partial charge in [-0.2, -0.15) is 0 Å². The van der Waals surface area contributed by atoms with Gasteiger partial charge >= 0.3 is 0 Å². The van der Waals surface area contributed by atoms with Gasteiger partial charge in [-0.3, -0.25) is 0 Å². The molecule has 0 aromatic heterocycles. The highest BCUT2D eigenvalue weighted by Gasteiger charge is 2.58. The van der Waals surface area contributed by atoms with Gasteiger partial charge in [0.15, 0.2) is 0 Å². The highest BCUT2D eigenvalue weighted by atomic mass is 32.2. The predicted molar refractivity (Wildman–Crippen MR) is 93.7 cm³/mol. The van der Waals surface area contributed by atoms with Crippen molar-refractivity contribution in [3.63, 3.8) is 0 Å². The van der Waals surface area contributed by atoms with Crippen LogP contribution in [0.3, 0.4) is 0 Å². The molecule has 20 heavy (non-hydrogen) atoms. The van der Waals surface area contributed by atoms with E-state index in [-0.39, 0.29) is 0 Å². The normalized spacial score (nSPS) is 34.5. The second-order valence-electron chi connectivity index (χ2n) is 7.98. The molecule has 0 aliphatic heterocycles. The third kappa shape index (κ3) is 2.08.